The van der Waals surface area contributed by atoms with Crippen molar-refractivity contribution in [1.82, 2.24) is 16.0 Å². The van der Waals surface area contributed by atoms with Crippen LogP contribution in [-0.2, 0) is 4.79 Å². The number of hydrogen-bond acceptors (Lipinski definition) is 4. The highest BCUT2D eigenvalue weighted by Gasteiger charge is 2.26. The number of para-hydroxylation sites is 2. The standard InChI is InChI=1S/C18H30N4O3/c1-13(25-15-10-8-7-9-14(15)24-6)11-21-17(20-5)22-12-18(2,3)16(23)19-4/h7-10,13H,11-12H2,1-6H3,(H,19,23)(H2,20,21,22). The third-order valence-electron chi connectivity index (χ3n) is 3.72. The molecule has 0 aromatic heterocycles. The molecular weight excluding hydrogens is 320 g/mol. The van der Waals surface area contributed by atoms with Gasteiger partial charge in [-0.25, -0.2) is 0 Å². The van der Waals surface area contributed by atoms with E-state index in [1.165, 1.54) is 0 Å². The van der Waals surface area contributed by atoms with Crippen molar-refractivity contribution in [2.24, 2.45) is 10.4 Å². The second-order valence-corrected chi connectivity index (χ2v) is 6.35. The highest BCUT2D eigenvalue weighted by Crippen LogP contribution is 2.26. The molecule has 1 atom stereocenters. The van der Waals surface area contributed by atoms with Crippen LogP contribution < -0.4 is 25.4 Å². The Balaban J connectivity index is 2.50. The van der Waals surface area contributed by atoms with Crippen LogP contribution >= 0.6 is 0 Å². The van der Waals surface area contributed by atoms with Gasteiger partial charge in [-0.05, 0) is 32.9 Å². The SMILES string of the molecule is CN=C(NCC(C)Oc1ccccc1OC)NCC(C)(C)C(=O)NC. The van der Waals surface area contributed by atoms with Crippen LogP contribution in [0.2, 0.25) is 0 Å². The number of amides is 1. The molecule has 0 bridgehead atoms. The van der Waals surface area contributed by atoms with Gasteiger partial charge in [-0.1, -0.05) is 12.1 Å². The van der Waals surface area contributed by atoms with Crippen molar-refractivity contribution in [2.45, 2.75) is 26.9 Å². The minimum absolute atomic E-state index is 0.0247. The van der Waals surface area contributed by atoms with E-state index in [0.717, 1.165) is 0 Å². The van der Waals surface area contributed by atoms with E-state index in [2.05, 4.69) is 20.9 Å². The first-order valence-electron chi connectivity index (χ1n) is 8.30. The van der Waals surface area contributed by atoms with Crippen LogP contribution in [0.4, 0.5) is 0 Å². The molecule has 0 aliphatic heterocycles. The molecule has 1 aromatic rings. The van der Waals surface area contributed by atoms with Gasteiger partial charge in [0.05, 0.1) is 19.1 Å². The fourth-order valence-electron chi connectivity index (χ4n) is 2.16. The van der Waals surface area contributed by atoms with Crippen LogP contribution in [0.15, 0.2) is 29.3 Å². The molecule has 7 heteroatoms. The van der Waals surface area contributed by atoms with Crippen molar-refractivity contribution in [3.63, 3.8) is 0 Å². The topological polar surface area (TPSA) is 84.0 Å². The van der Waals surface area contributed by atoms with Gasteiger partial charge in [0.1, 0.15) is 6.10 Å². The lowest BCUT2D eigenvalue weighted by molar-refractivity contribution is -0.128. The van der Waals surface area contributed by atoms with Crippen molar-refractivity contribution in [2.75, 3.05) is 34.3 Å². The number of nitrogens with zero attached hydrogens (tertiary/aromatic N) is 1. The zero-order valence-corrected chi connectivity index (χ0v) is 16.0. The highest BCUT2D eigenvalue weighted by atomic mass is 16.5. The summed E-state index contributed by atoms with van der Waals surface area (Å²) in [5, 5.41) is 9.03. The molecule has 1 amide bonds. The number of aliphatic imine (C=N–C) groups is 1. The molecule has 0 heterocycles. The molecular formula is C18H30N4O3. The summed E-state index contributed by atoms with van der Waals surface area (Å²) in [5.74, 6) is 1.99. The third kappa shape index (κ3) is 6.52. The molecule has 140 valence electrons. The predicted molar refractivity (Wildman–Crippen MR) is 100 cm³/mol. The summed E-state index contributed by atoms with van der Waals surface area (Å²) in [6.07, 6.45) is -0.0956. The Morgan fingerprint density at radius 1 is 1.24 bits per heavy atom. The molecule has 0 saturated heterocycles. The molecule has 0 saturated carbocycles. The number of carbonyl (C=O) groups is 1. The Hall–Kier alpha value is -2.44. The molecule has 7 nitrogen and oxygen atoms in total. The van der Waals surface area contributed by atoms with Gasteiger partial charge < -0.3 is 25.4 Å². The zero-order chi connectivity index (χ0) is 18.9. The van der Waals surface area contributed by atoms with Gasteiger partial charge in [0.15, 0.2) is 17.5 Å². The lowest BCUT2D eigenvalue weighted by atomic mass is 9.92. The minimum atomic E-state index is -0.536. The van der Waals surface area contributed by atoms with E-state index >= 15 is 0 Å². The van der Waals surface area contributed by atoms with Gasteiger partial charge in [-0.15, -0.1) is 0 Å². The van der Waals surface area contributed by atoms with E-state index in [-0.39, 0.29) is 12.0 Å². The Morgan fingerprint density at radius 2 is 1.88 bits per heavy atom. The number of carbonyl (C=O) groups excluding carboxylic acids is 1. The number of benzene rings is 1. The molecule has 0 fully saturated rings. The normalized spacial score (nSPS) is 13.0. The van der Waals surface area contributed by atoms with Crippen molar-refractivity contribution >= 4 is 11.9 Å². The highest BCUT2D eigenvalue weighted by molar-refractivity contribution is 5.84. The lowest BCUT2D eigenvalue weighted by Gasteiger charge is -2.25. The van der Waals surface area contributed by atoms with E-state index < -0.39 is 5.41 Å². The summed E-state index contributed by atoms with van der Waals surface area (Å²) >= 11 is 0. The summed E-state index contributed by atoms with van der Waals surface area (Å²) in [7, 11) is 4.94. The Labute approximate surface area is 150 Å². The van der Waals surface area contributed by atoms with Crippen LogP contribution in [0, 0.1) is 5.41 Å². The van der Waals surface area contributed by atoms with Gasteiger partial charge >= 0.3 is 0 Å². The number of methoxy groups -OCH3 is 1. The Kier molecular flexibility index (Phi) is 8.04. The van der Waals surface area contributed by atoms with E-state index in [9.17, 15) is 4.79 Å². The molecule has 0 aliphatic carbocycles. The van der Waals surface area contributed by atoms with Crippen molar-refractivity contribution in [1.29, 1.82) is 0 Å². The second-order valence-electron chi connectivity index (χ2n) is 6.35. The zero-order valence-electron chi connectivity index (χ0n) is 16.0. The number of nitrogens with one attached hydrogen (secondary N) is 3. The Bertz CT molecular complexity index is 587. The number of ether oxygens (including phenoxy) is 2. The summed E-state index contributed by atoms with van der Waals surface area (Å²) in [4.78, 5) is 16.0. The van der Waals surface area contributed by atoms with Gasteiger partial charge in [0.2, 0.25) is 5.91 Å². The van der Waals surface area contributed by atoms with Crippen LogP contribution in [0.5, 0.6) is 11.5 Å². The maximum atomic E-state index is 11.8. The van der Waals surface area contributed by atoms with Crippen LogP contribution in [-0.4, -0.2) is 52.3 Å². The quantitative estimate of drug-likeness (QED) is 0.488. The average molecular weight is 350 g/mol. The lowest BCUT2D eigenvalue weighted by Crippen LogP contribution is -2.48. The van der Waals surface area contributed by atoms with E-state index in [1.807, 2.05) is 45.0 Å². The smallest absolute Gasteiger partial charge is 0.227 e. The molecule has 0 spiro atoms. The summed E-state index contributed by atoms with van der Waals surface area (Å²) in [6, 6.07) is 7.53. The fourth-order valence-corrected chi connectivity index (χ4v) is 2.16. The largest absolute Gasteiger partial charge is 0.493 e. The number of guanidine groups is 1. The molecule has 25 heavy (non-hydrogen) atoms. The van der Waals surface area contributed by atoms with E-state index in [1.54, 1.807) is 21.2 Å². The van der Waals surface area contributed by atoms with Crippen molar-refractivity contribution in [3.8, 4) is 11.5 Å². The van der Waals surface area contributed by atoms with E-state index in [0.29, 0.717) is 30.5 Å². The van der Waals surface area contributed by atoms with Crippen LogP contribution in [0.3, 0.4) is 0 Å². The molecule has 0 radical (unpaired) electrons. The van der Waals surface area contributed by atoms with Gasteiger partial charge in [0, 0.05) is 20.6 Å². The van der Waals surface area contributed by atoms with Gasteiger partial charge in [-0.2, -0.15) is 0 Å². The average Bonchev–Trinajstić information content (AvgIpc) is 2.61. The first-order valence-corrected chi connectivity index (χ1v) is 8.30. The monoisotopic (exact) mass is 350 g/mol. The second kappa shape index (κ2) is 9.76. The first-order chi connectivity index (χ1) is 11.8. The minimum Gasteiger partial charge on any atom is -0.493 e. The maximum Gasteiger partial charge on any atom is 0.227 e. The summed E-state index contributed by atoms with van der Waals surface area (Å²) < 4.78 is 11.2. The molecule has 1 aromatic carbocycles. The summed E-state index contributed by atoms with van der Waals surface area (Å²) in [6.45, 7) is 6.73. The molecule has 1 rings (SSSR count). The molecule has 0 aliphatic rings. The van der Waals surface area contributed by atoms with Crippen molar-refractivity contribution in [3.05, 3.63) is 24.3 Å². The van der Waals surface area contributed by atoms with Gasteiger partial charge in [-0.3, -0.25) is 9.79 Å². The predicted octanol–water partition coefficient (Wildman–Crippen LogP) is 1.40. The number of rotatable bonds is 8. The maximum absolute atomic E-state index is 11.8. The Morgan fingerprint density at radius 3 is 2.44 bits per heavy atom. The molecule has 1 unspecified atom stereocenters. The van der Waals surface area contributed by atoms with Crippen LogP contribution in [0.25, 0.3) is 0 Å². The fraction of sp³-hybridized carbons (Fsp3) is 0.556. The van der Waals surface area contributed by atoms with Crippen molar-refractivity contribution < 1.29 is 14.3 Å². The van der Waals surface area contributed by atoms with Gasteiger partial charge in [0.25, 0.3) is 0 Å². The van der Waals surface area contributed by atoms with E-state index in [4.69, 9.17) is 9.47 Å². The number of hydrogen-bond donors (Lipinski definition) is 3. The summed E-state index contributed by atoms with van der Waals surface area (Å²) in [5.41, 5.74) is -0.536. The first kappa shape index (κ1) is 20.6. The third-order valence-corrected chi connectivity index (χ3v) is 3.72. The van der Waals surface area contributed by atoms with Crippen LogP contribution in [0.1, 0.15) is 20.8 Å². The molecule has 3 N–H and O–H groups in total.